The molecular weight excluding hydrogens is 246 g/mol. The van der Waals surface area contributed by atoms with Crippen LogP contribution in [0.3, 0.4) is 0 Å². The molecule has 2 rings (SSSR count). The van der Waals surface area contributed by atoms with Crippen LogP contribution in [0.15, 0.2) is 22.6 Å². The Morgan fingerprint density at radius 2 is 1.95 bits per heavy atom. The fourth-order valence-electron chi connectivity index (χ4n) is 2.37. The van der Waals surface area contributed by atoms with Crippen molar-refractivity contribution in [3.05, 3.63) is 35.1 Å². The molecule has 1 N–H and O–H groups in total. The largest absolute Gasteiger partial charge is 0.459 e. The molecular formula is C18H27NO. The van der Waals surface area contributed by atoms with Gasteiger partial charge in [-0.1, -0.05) is 19.4 Å². The molecule has 0 amide bonds. The molecule has 1 aromatic carbocycles. The molecule has 0 fully saturated rings. The number of nitrogens with one attached hydrogen (secondary N) is 1. The smallest absolute Gasteiger partial charge is 0.134 e. The zero-order chi connectivity index (χ0) is 14.8. The third-order valence-corrected chi connectivity index (χ3v) is 3.70. The van der Waals surface area contributed by atoms with Crippen LogP contribution in [0.4, 0.5) is 0 Å². The first-order valence-corrected chi connectivity index (χ1v) is 7.66. The van der Waals surface area contributed by atoms with E-state index in [9.17, 15) is 0 Å². The summed E-state index contributed by atoms with van der Waals surface area (Å²) in [5.74, 6) is 1.06. The van der Waals surface area contributed by atoms with E-state index in [1.54, 1.807) is 0 Å². The van der Waals surface area contributed by atoms with Gasteiger partial charge >= 0.3 is 0 Å². The molecule has 0 bridgehead atoms. The number of furan rings is 1. The van der Waals surface area contributed by atoms with E-state index in [2.05, 4.69) is 58.1 Å². The highest BCUT2D eigenvalue weighted by molar-refractivity contribution is 5.82. The van der Waals surface area contributed by atoms with Gasteiger partial charge < -0.3 is 9.73 Å². The minimum Gasteiger partial charge on any atom is -0.459 e. The average Bonchev–Trinajstić information content (AvgIpc) is 2.70. The van der Waals surface area contributed by atoms with Crippen LogP contribution in [0.25, 0.3) is 11.0 Å². The van der Waals surface area contributed by atoms with Crippen molar-refractivity contribution in [1.82, 2.24) is 5.32 Å². The summed E-state index contributed by atoms with van der Waals surface area (Å²) in [5, 5.41) is 4.76. The third-order valence-electron chi connectivity index (χ3n) is 3.70. The van der Waals surface area contributed by atoms with Crippen molar-refractivity contribution in [2.45, 2.75) is 66.0 Å². The number of aryl methyl sites for hydroxylation is 2. The predicted octanol–water partition coefficient (Wildman–Crippen LogP) is 4.97. The Kier molecular flexibility index (Phi) is 4.54. The maximum atomic E-state index is 5.99. The normalized spacial score (nSPS) is 12.2. The molecule has 110 valence electrons. The topological polar surface area (TPSA) is 25.2 Å². The van der Waals surface area contributed by atoms with E-state index in [4.69, 9.17) is 4.42 Å². The van der Waals surface area contributed by atoms with Crippen molar-refractivity contribution in [3.63, 3.8) is 0 Å². The van der Waals surface area contributed by atoms with Crippen LogP contribution in [-0.2, 0) is 13.0 Å². The maximum absolute atomic E-state index is 5.99. The first-order valence-electron chi connectivity index (χ1n) is 7.66. The molecule has 1 heterocycles. The van der Waals surface area contributed by atoms with Crippen molar-refractivity contribution in [3.8, 4) is 0 Å². The second kappa shape index (κ2) is 6.01. The minimum absolute atomic E-state index is 0.109. The van der Waals surface area contributed by atoms with Crippen LogP contribution in [0.5, 0.6) is 0 Å². The molecule has 1 aromatic heterocycles. The third kappa shape index (κ3) is 3.63. The lowest BCUT2D eigenvalue weighted by Crippen LogP contribution is -2.35. The number of fused-ring (bicyclic) bond motifs is 1. The first-order chi connectivity index (χ1) is 9.40. The van der Waals surface area contributed by atoms with Gasteiger partial charge in [0.1, 0.15) is 11.3 Å². The van der Waals surface area contributed by atoms with Gasteiger partial charge in [0.2, 0.25) is 0 Å². The van der Waals surface area contributed by atoms with Gasteiger partial charge in [0.25, 0.3) is 0 Å². The average molecular weight is 273 g/mol. The van der Waals surface area contributed by atoms with Crippen LogP contribution in [0, 0.1) is 6.92 Å². The molecule has 0 spiro atoms. The molecule has 2 heteroatoms. The Morgan fingerprint density at radius 3 is 2.60 bits per heavy atom. The van der Waals surface area contributed by atoms with E-state index in [1.165, 1.54) is 29.4 Å². The predicted molar refractivity (Wildman–Crippen MR) is 86.2 cm³/mol. The molecule has 0 radical (unpaired) electrons. The van der Waals surface area contributed by atoms with Gasteiger partial charge in [0.05, 0.1) is 6.54 Å². The Morgan fingerprint density at radius 1 is 1.20 bits per heavy atom. The lowest BCUT2D eigenvalue weighted by atomic mass is 10.0. The van der Waals surface area contributed by atoms with E-state index >= 15 is 0 Å². The van der Waals surface area contributed by atoms with E-state index in [0.29, 0.717) is 0 Å². The minimum atomic E-state index is 0.109. The summed E-state index contributed by atoms with van der Waals surface area (Å²) in [5.41, 5.74) is 3.81. The van der Waals surface area contributed by atoms with Crippen molar-refractivity contribution in [2.24, 2.45) is 0 Å². The van der Waals surface area contributed by atoms with E-state index in [-0.39, 0.29) is 5.54 Å². The van der Waals surface area contributed by atoms with E-state index < -0.39 is 0 Å². The van der Waals surface area contributed by atoms with Gasteiger partial charge in [-0.2, -0.15) is 0 Å². The monoisotopic (exact) mass is 273 g/mol. The van der Waals surface area contributed by atoms with Crippen molar-refractivity contribution in [2.75, 3.05) is 0 Å². The standard InChI is InChI=1S/C18H27NO/c1-6-7-8-14-9-10-16-15(11-14)13(2)17(20-16)12-19-18(3,4)5/h9-11,19H,6-8,12H2,1-5H3. The Bertz CT molecular complexity index is 575. The molecule has 0 aliphatic heterocycles. The Balaban J connectivity index is 2.23. The molecule has 20 heavy (non-hydrogen) atoms. The number of hydrogen-bond acceptors (Lipinski definition) is 2. The van der Waals surface area contributed by atoms with Gasteiger partial charge in [0, 0.05) is 10.9 Å². The Hall–Kier alpha value is -1.28. The highest BCUT2D eigenvalue weighted by atomic mass is 16.3. The van der Waals surface area contributed by atoms with Crippen LogP contribution in [0.2, 0.25) is 0 Å². The lowest BCUT2D eigenvalue weighted by Gasteiger charge is -2.19. The van der Waals surface area contributed by atoms with Gasteiger partial charge in [-0.05, 0) is 63.8 Å². The van der Waals surface area contributed by atoms with E-state index in [0.717, 1.165) is 24.3 Å². The van der Waals surface area contributed by atoms with Crippen LogP contribution >= 0.6 is 0 Å². The molecule has 0 aliphatic rings. The summed E-state index contributed by atoms with van der Waals surface area (Å²) in [7, 11) is 0. The summed E-state index contributed by atoms with van der Waals surface area (Å²) in [6.07, 6.45) is 3.65. The highest BCUT2D eigenvalue weighted by Gasteiger charge is 2.14. The number of unbranched alkanes of at least 4 members (excludes halogenated alkanes) is 1. The number of hydrogen-bond donors (Lipinski definition) is 1. The molecule has 2 nitrogen and oxygen atoms in total. The Labute approximate surface area is 122 Å². The zero-order valence-electron chi connectivity index (χ0n) is 13.5. The van der Waals surface area contributed by atoms with Crippen LogP contribution in [0.1, 0.15) is 57.4 Å². The second-order valence-electron chi connectivity index (χ2n) is 6.69. The SMILES string of the molecule is CCCCc1ccc2oc(CNC(C)(C)C)c(C)c2c1. The fraction of sp³-hybridized carbons (Fsp3) is 0.556. The zero-order valence-corrected chi connectivity index (χ0v) is 13.5. The van der Waals surface area contributed by atoms with Gasteiger partial charge in [-0.3, -0.25) is 0 Å². The summed E-state index contributed by atoms with van der Waals surface area (Å²) in [6.45, 7) is 11.7. The van der Waals surface area contributed by atoms with E-state index in [1.807, 2.05) is 0 Å². The number of benzene rings is 1. The lowest BCUT2D eigenvalue weighted by molar-refractivity contribution is 0.394. The summed E-state index contributed by atoms with van der Waals surface area (Å²) in [4.78, 5) is 0. The number of rotatable bonds is 5. The van der Waals surface area contributed by atoms with Gasteiger partial charge in [-0.25, -0.2) is 0 Å². The summed E-state index contributed by atoms with van der Waals surface area (Å²) >= 11 is 0. The van der Waals surface area contributed by atoms with Crippen LogP contribution in [-0.4, -0.2) is 5.54 Å². The fourth-order valence-corrected chi connectivity index (χ4v) is 2.37. The van der Waals surface area contributed by atoms with Crippen molar-refractivity contribution >= 4 is 11.0 Å². The van der Waals surface area contributed by atoms with Gasteiger partial charge in [-0.15, -0.1) is 0 Å². The molecule has 0 saturated heterocycles. The summed E-state index contributed by atoms with van der Waals surface area (Å²) in [6, 6.07) is 6.61. The van der Waals surface area contributed by atoms with Crippen LogP contribution < -0.4 is 5.32 Å². The second-order valence-corrected chi connectivity index (χ2v) is 6.69. The molecule has 2 aromatic rings. The first kappa shape index (κ1) is 15.1. The summed E-state index contributed by atoms with van der Waals surface area (Å²) < 4.78 is 5.99. The molecule has 0 unspecified atom stereocenters. The van der Waals surface area contributed by atoms with Gasteiger partial charge in [0.15, 0.2) is 0 Å². The maximum Gasteiger partial charge on any atom is 0.134 e. The highest BCUT2D eigenvalue weighted by Crippen LogP contribution is 2.27. The quantitative estimate of drug-likeness (QED) is 0.832. The van der Waals surface area contributed by atoms with Crippen molar-refractivity contribution < 1.29 is 4.42 Å². The molecule has 0 aliphatic carbocycles. The molecule has 0 atom stereocenters. The van der Waals surface area contributed by atoms with Crippen molar-refractivity contribution in [1.29, 1.82) is 0 Å². The molecule has 0 saturated carbocycles.